The van der Waals surface area contributed by atoms with Gasteiger partial charge in [-0.15, -0.1) is 11.3 Å². The predicted molar refractivity (Wildman–Crippen MR) is 120 cm³/mol. The first-order chi connectivity index (χ1) is 14.0. The van der Waals surface area contributed by atoms with Gasteiger partial charge in [0.15, 0.2) is 11.1 Å². The molecule has 0 aromatic carbocycles. The Hall–Kier alpha value is -2.35. The minimum absolute atomic E-state index is 0.293. The van der Waals surface area contributed by atoms with Gasteiger partial charge >= 0.3 is 0 Å². The molecule has 2 heterocycles. The topological polar surface area (TPSA) is 74.7 Å². The number of guanidine groups is 1. The van der Waals surface area contributed by atoms with E-state index >= 15 is 0 Å². The average Bonchev–Trinajstić information content (AvgIpc) is 3.20. The third-order valence-electron chi connectivity index (χ3n) is 5.09. The summed E-state index contributed by atoms with van der Waals surface area (Å²) in [6.45, 7) is 3.60. The highest BCUT2D eigenvalue weighted by atomic mass is 32.1. The molecule has 29 heavy (non-hydrogen) atoms. The number of aromatic nitrogens is 2. The van der Waals surface area contributed by atoms with Crippen molar-refractivity contribution >= 4 is 22.4 Å². The highest BCUT2D eigenvalue weighted by molar-refractivity contribution is 7.13. The SMILES string of the molecule is CN=C(NCc1ccnc(OC2CCC(C)CC2)c1)NCc1csc(N(C)C)n1. The van der Waals surface area contributed by atoms with Gasteiger partial charge in [-0.05, 0) is 43.2 Å². The molecular weight excluding hydrogens is 384 g/mol. The van der Waals surface area contributed by atoms with Crippen LogP contribution in [0.1, 0.15) is 43.9 Å². The second kappa shape index (κ2) is 10.4. The lowest BCUT2D eigenvalue weighted by Crippen LogP contribution is -2.36. The van der Waals surface area contributed by atoms with Crippen molar-refractivity contribution in [2.45, 2.75) is 51.8 Å². The van der Waals surface area contributed by atoms with Crippen LogP contribution in [0, 0.1) is 5.92 Å². The Kier molecular flexibility index (Phi) is 7.69. The number of anilines is 1. The van der Waals surface area contributed by atoms with Crippen molar-refractivity contribution in [1.29, 1.82) is 0 Å². The first-order valence-corrected chi connectivity index (χ1v) is 11.1. The van der Waals surface area contributed by atoms with E-state index in [2.05, 4.69) is 37.9 Å². The minimum Gasteiger partial charge on any atom is -0.474 e. The fraction of sp³-hybridized carbons (Fsp3) is 0.571. The Morgan fingerprint density at radius 2 is 2.00 bits per heavy atom. The average molecular weight is 417 g/mol. The molecule has 1 aliphatic rings. The van der Waals surface area contributed by atoms with E-state index in [1.54, 1.807) is 18.4 Å². The number of ether oxygens (including phenoxy) is 1. The van der Waals surface area contributed by atoms with Gasteiger partial charge in [-0.3, -0.25) is 4.99 Å². The summed E-state index contributed by atoms with van der Waals surface area (Å²) in [6.07, 6.45) is 6.82. The molecule has 0 unspecified atom stereocenters. The van der Waals surface area contributed by atoms with E-state index in [0.29, 0.717) is 25.1 Å². The molecule has 158 valence electrons. The van der Waals surface area contributed by atoms with E-state index in [-0.39, 0.29) is 0 Å². The maximum Gasteiger partial charge on any atom is 0.213 e. The van der Waals surface area contributed by atoms with Gasteiger partial charge in [-0.1, -0.05) is 6.92 Å². The van der Waals surface area contributed by atoms with E-state index in [4.69, 9.17) is 4.74 Å². The maximum absolute atomic E-state index is 6.11. The smallest absolute Gasteiger partial charge is 0.213 e. The van der Waals surface area contributed by atoms with E-state index in [1.807, 2.05) is 37.3 Å². The standard InChI is InChI=1S/C21H32N6OS/c1-15-5-7-18(8-6-15)28-19-11-16(9-10-23-19)12-24-20(22-2)25-13-17-14-29-21(26-17)27(3)4/h9-11,14-15,18H,5-8,12-13H2,1-4H3,(H2,22,24,25). The lowest BCUT2D eigenvalue weighted by Gasteiger charge is -2.26. The molecule has 0 atom stereocenters. The third kappa shape index (κ3) is 6.59. The summed E-state index contributed by atoms with van der Waals surface area (Å²) < 4.78 is 6.11. The molecule has 8 heteroatoms. The largest absolute Gasteiger partial charge is 0.474 e. The molecule has 0 radical (unpaired) electrons. The number of pyridine rings is 1. The van der Waals surface area contributed by atoms with Crippen LogP contribution in [0.3, 0.4) is 0 Å². The summed E-state index contributed by atoms with van der Waals surface area (Å²) in [5.74, 6) is 2.27. The number of rotatable bonds is 7. The molecule has 0 saturated heterocycles. The number of hydrogen-bond acceptors (Lipinski definition) is 6. The van der Waals surface area contributed by atoms with Crippen molar-refractivity contribution < 1.29 is 4.74 Å². The third-order valence-corrected chi connectivity index (χ3v) is 6.15. The van der Waals surface area contributed by atoms with Crippen molar-refractivity contribution in [3.8, 4) is 5.88 Å². The summed E-state index contributed by atoms with van der Waals surface area (Å²) in [7, 11) is 5.77. The Morgan fingerprint density at radius 3 is 2.69 bits per heavy atom. The maximum atomic E-state index is 6.11. The molecule has 7 nitrogen and oxygen atoms in total. The summed E-state index contributed by atoms with van der Waals surface area (Å²) in [4.78, 5) is 15.3. The van der Waals surface area contributed by atoms with E-state index in [1.165, 1.54) is 12.8 Å². The molecule has 0 amide bonds. The molecule has 1 aliphatic carbocycles. The van der Waals surface area contributed by atoms with Crippen molar-refractivity contribution in [3.63, 3.8) is 0 Å². The zero-order valence-electron chi connectivity index (χ0n) is 17.8. The van der Waals surface area contributed by atoms with E-state index in [9.17, 15) is 0 Å². The zero-order valence-corrected chi connectivity index (χ0v) is 18.6. The lowest BCUT2D eigenvalue weighted by atomic mass is 9.89. The van der Waals surface area contributed by atoms with Crippen LogP contribution < -0.4 is 20.3 Å². The first kappa shape index (κ1) is 21.4. The summed E-state index contributed by atoms with van der Waals surface area (Å²) in [5.41, 5.74) is 2.12. The fourth-order valence-corrected chi connectivity index (χ4v) is 4.06. The highest BCUT2D eigenvalue weighted by Crippen LogP contribution is 2.26. The highest BCUT2D eigenvalue weighted by Gasteiger charge is 2.19. The molecule has 1 fully saturated rings. The van der Waals surface area contributed by atoms with Gasteiger partial charge in [0.1, 0.15) is 6.10 Å². The van der Waals surface area contributed by atoms with E-state index in [0.717, 1.165) is 41.1 Å². The van der Waals surface area contributed by atoms with Gasteiger partial charge in [0, 0.05) is 45.3 Å². The number of nitrogens with zero attached hydrogens (tertiary/aromatic N) is 4. The zero-order chi connectivity index (χ0) is 20.6. The van der Waals surface area contributed by atoms with Gasteiger partial charge in [0.05, 0.1) is 12.2 Å². The quantitative estimate of drug-likeness (QED) is 0.532. The normalized spacial score (nSPS) is 19.7. The second-order valence-electron chi connectivity index (χ2n) is 7.80. The van der Waals surface area contributed by atoms with Crippen molar-refractivity contribution in [1.82, 2.24) is 20.6 Å². The Labute approximate surface area is 177 Å². The summed E-state index contributed by atoms with van der Waals surface area (Å²) in [6, 6.07) is 4.02. The molecule has 2 N–H and O–H groups in total. The lowest BCUT2D eigenvalue weighted by molar-refractivity contribution is 0.130. The van der Waals surface area contributed by atoms with Crippen LogP contribution in [-0.2, 0) is 13.1 Å². The second-order valence-corrected chi connectivity index (χ2v) is 8.63. The molecular formula is C21H32N6OS. The molecule has 0 spiro atoms. The van der Waals surface area contributed by atoms with Gasteiger partial charge in [-0.2, -0.15) is 0 Å². The number of aliphatic imine (C=N–C) groups is 1. The fourth-order valence-electron chi connectivity index (χ4n) is 3.31. The van der Waals surface area contributed by atoms with Gasteiger partial charge in [0.2, 0.25) is 5.88 Å². The number of thiazole rings is 1. The molecule has 2 aromatic rings. The molecule has 0 aliphatic heterocycles. The molecule has 3 rings (SSSR count). The minimum atomic E-state index is 0.293. The Balaban J connectivity index is 1.47. The van der Waals surface area contributed by atoms with Crippen LogP contribution in [0.4, 0.5) is 5.13 Å². The van der Waals surface area contributed by atoms with Gasteiger partial charge < -0.3 is 20.3 Å². The van der Waals surface area contributed by atoms with Crippen molar-refractivity contribution in [2.24, 2.45) is 10.9 Å². The van der Waals surface area contributed by atoms with Crippen LogP contribution in [0.15, 0.2) is 28.7 Å². The monoisotopic (exact) mass is 416 g/mol. The van der Waals surface area contributed by atoms with Gasteiger partial charge in [0.25, 0.3) is 0 Å². The molecule has 0 bridgehead atoms. The van der Waals surface area contributed by atoms with Crippen LogP contribution >= 0.6 is 11.3 Å². The Bertz CT molecular complexity index is 798. The number of hydrogen-bond donors (Lipinski definition) is 2. The van der Waals surface area contributed by atoms with Crippen molar-refractivity contribution in [2.75, 3.05) is 26.0 Å². The van der Waals surface area contributed by atoms with Gasteiger partial charge in [-0.25, -0.2) is 9.97 Å². The van der Waals surface area contributed by atoms with Crippen molar-refractivity contribution in [3.05, 3.63) is 35.0 Å². The summed E-state index contributed by atoms with van der Waals surface area (Å²) >= 11 is 1.64. The van der Waals surface area contributed by atoms with Crippen LogP contribution in [0.5, 0.6) is 5.88 Å². The Morgan fingerprint density at radius 1 is 1.24 bits per heavy atom. The van der Waals surface area contributed by atoms with Crippen LogP contribution in [0.25, 0.3) is 0 Å². The van der Waals surface area contributed by atoms with E-state index < -0.39 is 0 Å². The molecule has 1 saturated carbocycles. The van der Waals surface area contributed by atoms with Crippen LogP contribution in [-0.4, -0.2) is 43.2 Å². The predicted octanol–water partition coefficient (Wildman–Crippen LogP) is 3.43. The van der Waals surface area contributed by atoms with Crippen LogP contribution in [0.2, 0.25) is 0 Å². The number of nitrogens with one attached hydrogen (secondary N) is 2. The first-order valence-electron chi connectivity index (χ1n) is 10.2. The molecule has 2 aromatic heterocycles. The summed E-state index contributed by atoms with van der Waals surface area (Å²) in [5, 5.41) is 9.72.